The molecular weight excluding hydrogens is 866 g/mol. The minimum absolute atomic E-state index is 0. The van der Waals surface area contributed by atoms with Crippen LogP contribution in [0.5, 0.6) is 0 Å². The number of unbranched alkanes of at least 4 members (excludes halogenated alkanes) is 2. The van der Waals surface area contributed by atoms with Crippen LogP contribution in [0.15, 0.2) is 116 Å². The third-order valence-electron chi connectivity index (χ3n) is 4.04. The Morgan fingerprint density at radius 2 is 1.03 bits per heavy atom. The van der Waals surface area contributed by atoms with E-state index >= 15 is 0 Å². The second-order valence-electron chi connectivity index (χ2n) is 6.15. The molecule has 0 spiro atoms. The van der Waals surface area contributed by atoms with Crippen molar-refractivity contribution in [2.24, 2.45) is 0 Å². The van der Waals surface area contributed by atoms with Gasteiger partial charge < -0.3 is 0 Å². The molecule has 0 aromatic heterocycles. The van der Waals surface area contributed by atoms with Gasteiger partial charge in [0.2, 0.25) is 0 Å². The summed E-state index contributed by atoms with van der Waals surface area (Å²) in [5.41, 5.74) is 0. The predicted octanol–water partition coefficient (Wildman–Crippen LogP) is 6.14. The van der Waals surface area contributed by atoms with Crippen molar-refractivity contribution in [1.29, 1.82) is 0 Å². The summed E-state index contributed by atoms with van der Waals surface area (Å²) < 4.78 is 0. The Morgan fingerprint density at radius 3 is 1.32 bits per heavy atom. The third kappa shape index (κ3) is 14.8. The number of rotatable bonds is 7. The molecular formula is C26H35Cl2PRa2. The van der Waals surface area contributed by atoms with Gasteiger partial charge in [-0.05, 0) is 30.3 Å². The third-order valence-corrected chi connectivity index (χ3v) is 6.48. The monoisotopic (exact) mass is 900 g/mol. The summed E-state index contributed by atoms with van der Waals surface area (Å²) in [6, 6.07) is 32.3. The molecule has 0 aliphatic heterocycles. The molecule has 0 radical (unpaired) electrons. The van der Waals surface area contributed by atoms with Crippen molar-refractivity contribution in [1.82, 2.24) is 0 Å². The van der Waals surface area contributed by atoms with Crippen LogP contribution in [0.2, 0.25) is 0 Å². The van der Waals surface area contributed by atoms with Gasteiger partial charge in [0.25, 0.3) is 0 Å². The first-order valence-corrected chi connectivity index (χ1v) is 10.9. The largest absolute Gasteiger partial charge is 0.0622 e. The molecule has 0 aliphatic rings. The summed E-state index contributed by atoms with van der Waals surface area (Å²) in [4.78, 5) is 0. The summed E-state index contributed by atoms with van der Waals surface area (Å²) in [5, 5.41) is 4.19. The summed E-state index contributed by atoms with van der Waals surface area (Å²) in [6.45, 7) is 5.77. The Morgan fingerprint density at radius 1 is 0.677 bits per heavy atom. The van der Waals surface area contributed by atoms with Crippen molar-refractivity contribution in [3.63, 3.8) is 0 Å². The molecule has 0 saturated carbocycles. The van der Waals surface area contributed by atoms with Crippen LogP contribution >= 0.6 is 32.7 Å². The van der Waals surface area contributed by atoms with E-state index in [4.69, 9.17) is 0 Å². The maximum Gasteiger partial charge on any atom is -0.0134 e. The van der Waals surface area contributed by atoms with Gasteiger partial charge in [-0.25, -0.2) is 0 Å². The average Bonchev–Trinajstić information content (AvgIpc) is 2.74. The molecule has 3 rings (SSSR count). The van der Waals surface area contributed by atoms with Crippen molar-refractivity contribution < 1.29 is 90.0 Å². The van der Waals surface area contributed by atoms with E-state index in [0.717, 1.165) is 0 Å². The molecule has 5 heteroatoms. The van der Waals surface area contributed by atoms with Gasteiger partial charge in [-0.15, -0.1) is 24.8 Å². The van der Waals surface area contributed by atoms with Crippen LogP contribution < -0.4 is 15.9 Å². The first-order chi connectivity index (χ1) is 13.4. The van der Waals surface area contributed by atoms with E-state index in [1.54, 1.807) is 0 Å². The Labute approximate surface area is 276 Å². The molecule has 0 saturated heterocycles. The number of halogens is 2. The summed E-state index contributed by atoms with van der Waals surface area (Å²) in [7, 11) is -0.446. The molecule has 0 unspecified atom stereocenters. The molecule has 0 N–H and O–H groups in total. The zero-order valence-electron chi connectivity index (χ0n) is 17.0. The van der Waals surface area contributed by atoms with Crippen LogP contribution in [-0.2, 0) is 0 Å². The summed E-state index contributed by atoms with van der Waals surface area (Å²) in [5.74, 6) is 0. The fourth-order valence-corrected chi connectivity index (χ4v) is 5.00. The van der Waals surface area contributed by atoms with Gasteiger partial charge in [-0.1, -0.05) is 136 Å². The van der Waals surface area contributed by atoms with E-state index < -0.39 is 7.92 Å². The van der Waals surface area contributed by atoms with Crippen molar-refractivity contribution in [3.05, 3.63) is 116 Å². The molecule has 0 fully saturated rings. The van der Waals surface area contributed by atoms with Crippen LogP contribution in [0.25, 0.3) is 0 Å². The van der Waals surface area contributed by atoms with Crippen LogP contribution in [0.3, 0.4) is 0 Å². The van der Waals surface area contributed by atoms with E-state index in [1.165, 1.54) is 35.2 Å². The van der Waals surface area contributed by atoms with Crippen LogP contribution in [0.4, 0.5) is 0 Å². The minimum Gasteiger partial charge on any atom is -0.0622 e. The number of hydrogen-bond donors (Lipinski definition) is 0. The molecule has 0 nitrogen and oxygen atoms in total. The Kier molecular flexibility index (Phi) is 28.6. The molecule has 3 aromatic rings. The smallest absolute Gasteiger partial charge is 0.0134 e. The first kappa shape index (κ1) is 36.6. The fraction of sp³-hybridized carbons (Fsp3) is 0.154. The standard InChI is InChI=1S/C18H15P.C8H14.2ClH.2Ra.4H/c1-4-10-16(11-5-1)19(17-12-6-2-7-13-17)18-14-8-3-9-15-18;1-3-5-7-8-6-4-2;;;;;;;;/h1-15H;3,5,7H,1,4,6,8H2,2H3;2*1H;;;;;;. The Balaban J connectivity index is -0.000000575. The summed E-state index contributed by atoms with van der Waals surface area (Å²) >= 11 is 0. The normalized spacial score (nSPS) is 9.10. The van der Waals surface area contributed by atoms with Crippen molar-refractivity contribution in [3.8, 4) is 0 Å². The van der Waals surface area contributed by atoms with E-state index in [1.807, 2.05) is 12.2 Å². The van der Waals surface area contributed by atoms with Crippen molar-refractivity contribution >= 4 is 48.6 Å². The predicted molar refractivity (Wildman–Crippen MR) is 144 cm³/mol. The van der Waals surface area contributed by atoms with E-state index in [2.05, 4.69) is 111 Å². The van der Waals surface area contributed by atoms with Gasteiger partial charge in [-0.2, -0.15) is 0 Å². The minimum atomic E-state index is -0.446. The van der Waals surface area contributed by atoms with Crippen LogP contribution in [-0.4, -0.2) is 0 Å². The van der Waals surface area contributed by atoms with Crippen LogP contribution in [0, 0.1) is 90.0 Å². The first-order valence-electron chi connectivity index (χ1n) is 9.59. The van der Waals surface area contributed by atoms with Gasteiger partial charge in [-0.3, -0.25) is 0 Å². The zero-order valence-corrected chi connectivity index (χ0v) is 19.5. The van der Waals surface area contributed by atoms with E-state index in [0.29, 0.717) is 0 Å². The number of allylic oxidation sites excluding steroid dienone is 3. The Bertz CT molecular complexity index is 704. The number of hydrogen-bond acceptors (Lipinski definition) is 0. The van der Waals surface area contributed by atoms with Crippen molar-refractivity contribution in [2.75, 3.05) is 0 Å². The Hall–Kier alpha value is 1.09. The molecule has 162 valence electrons. The van der Waals surface area contributed by atoms with E-state index in [-0.39, 0.29) is 115 Å². The van der Waals surface area contributed by atoms with Gasteiger partial charge in [0.15, 0.2) is 0 Å². The molecule has 0 amide bonds. The fourth-order valence-electron chi connectivity index (χ4n) is 2.69. The molecule has 0 bridgehead atoms. The zero-order chi connectivity index (χ0) is 19.2. The quantitative estimate of drug-likeness (QED) is 0.152. The molecule has 3 aromatic carbocycles. The second-order valence-corrected chi connectivity index (χ2v) is 8.37. The molecule has 0 aliphatic carbocycles. The summed E-state index contributed by atoms with van der Waals surface area (Å²) in [6.07, 6.45) is 9.73. The van der Waals surface area contributed by atoms with E-state index in [9.17, 15) is 0 Å². The second kappa shape index (κ2) is 24.2. The van der Waals surface area contributed by atoms with Gasteiger partial charge in [0.1, 0.15) is 0 Å². The number of benzene rings is 3. The SMILES string of the molecule is C=CC=CCCCC.Cl.Cl.[RaH2].[RaH2].c1ccc(P(c2ccccc2)c2ccccc2)cc1. The molecule has 0 atom stereocenters. The average molecular weight is 901 g/mol. The maximum atomic E-state index is 3.57. The van der Waals surface area contributed by atoms with Crippen LogP contribution in [0.1, 0.15) is 26.2 Å². The van der Waals surface area contributed by atoms with Gasteiger partial charge in [0, 0.05) is 0 Å². The topological polar surface area (TPSA) is 0 Å². The molecule has 0 heterocycles. The van der Waals surface area contributed by atoms with Gasteiger partial charge >= 0.3 is 90.0 Å². The van der Waals surface area contributed by atoms with Crippen molar-refractivity contribution in [2.45, 2.75) is 26.2 Å². The molecule has 31 heavy (non-hydrogen) atoms. The maximum absolute atomic E-state index is 3.57. The van der Waals surface area contributed by atoms with Gasteiger partial charge in [0.05, 0.1) is 0 Å².